The molecule has 8 heteroatoms. The smallest absolute Gasteiger partial charge is 0.321 e. The molecule has 0 radical (unpaired) electrons. The standard InChI is InChI=1S/C19H25N5O2S/c1-12-7-9-14(10-8-12)17-22-19(24-23-17)27-11-16(25)21-18(26)20-15-6-4-3-5-13(15)2/h7-10,13,15H,3-6,11H2,1-2H3,(H,22,23,24)(H2,20,21,25,26)/t13-,15-/m1/s1. The van der Waals surface area contributed by atoms with E-state index in [2.05, 4.69) is 32.7 Å². The molecule has 1 aliphatic rings. The number of carbonyl (C=O) groups is 2. The molecule has 27 heavy (non-hydrogen) atoms. The number of imide groups is 1. The Balaban J connectivity index is 1.45. The number of carbonyl (C=O) groups excluding carboxylic acids is 2. The Labute approximate surface area is 163 Å². The number of amides is 3. The molecule has 1 aromatic heterocycles. The molecule has 3 rings (SSSR count). The summed E-state index contributed by atoms with van der Waals surface area (Å²) in [6.45, 7) is 4.16. The third-order valence-electron chi connectivity index (χ3n) is 4.80. The lowest BCUT2D eigenvalue weighted by molar-refractivity contribution is -0.117. The summed E-state index contributed by atoms with van der Waals surface area (Å²) in [4.78, 5) is 28.4. The number of hydrogen-bond acceptors (Lipinski definition) is 5. The van der Waals surface area contributed by atoms with Crippen LogP contribution in [0.5, 0.6) is 0 Å². The van der Waals surface area contributed by atoms with Gasteiger partial charge in [0.15, 0.2) is 5.82 Å². The van der Waals surface area contributed by atoms with Gasteiger partial charge < -0.3 is 5.32 Å². The minimum Gasteiger partial charge on any atom is -0.335 e. The molecule has 3 N–H and O–H groups in total. The first kappa shape index (κ1) is 19.4. The fraction of sp³-hybridized carbons (Fsp3) is 0.474. The van der Waals surface area contributed by atoms with Crippen molar-refractivity contribution in [2.45, 2.75) is 50.7 Å². The van der Waals surface area contributed by atoms with Gasteiger partial charge in [-0.2, -0.15) is 0 Å². The van der Waals surface area contributed by atoms with Crippen LogP contribution in [-0.4, -0.2) is 38.9 Å². The highest BCUT2D eigenvalue weighted by Crippen LogP contribution is 2.23. The molecule has 144 valence electrons. The van der Waals surface area contributed by atoms with Crippen LogP contribution in [0.15, 0.2) is 29.4 Å². The van der Waals surface area contributed by atoms with E-state index in [4.69, 9.17) is 0 Å². The Kier molecular flexibility index (Phi) is 6.49. The van der Waals surface area contributed by atoms with Gasteiger partial charge in [0.05, 0.1) is 5.75 Å². The molecule has 0 aliphatic heterocycles. The van der Waals surface area contributed by atoms with E-state index in [0.717, 1.165) is 24.8 Å². The number of aromatic nitrogens is 3. The van der Waals surface area contributed by atoms with Gasteiger partial charge in [0.1, 0.15) is 0 Å². The minimum atomic E-state index is -0.422. The number of urea groups is 1. The lowest BCUT2D eigenvalue weighted by atomic mass is 9.86. The van der Waals surface area contributed by atoms with Crippen LogP contribution < -0.4 is 10.6 Å². The van der Waals surface area contributed by atoms with Gasteiger partial charge in [-0.15, -0.1) is 5.10 Å². The average Bonchev–Trinajstić information content (AvgIpc) is 3.11. The Morgan fingerprint density at radius 3 is 2.70 bits per heavy atom. The number of benzene rings is 1. The van der Waals surface area contributed by atoms with E-state index in [-0.39, 0.29) is 17.7 Å². The SMILES string of the molecule is Cc1ccc(-c2nc(SCC(=O)NC(=O)N[C@@H]3CCCC[C@H]3C)n[nH]2)cc1. The second-order valence-electron chi connectivity index (χ2n) is 7.01. The molecule has 1 heterocycles. The molecular weight excluding hydrogens is 362 g/mol. The number of nitrogens with zero attached hydrogens (tertiary/aromatic N) is 2. The Hall–Kier alpha value is -2.35. The van der Waals surface area contributed by atoms with Crippen molar-refractivity contribution in [2.24, 2.45) is 5.92 Å². The van der Waals surface area contributed by atoms with Gasteiger partial charge >= 0.3 is 6.03 Å². The zero-order valence-electron chi connectivity index (χ0n) is 15.6. The monoisotopic (exact) mass is 387 g/mol. The zero-order chi connectivity index (χ0) is 19.2. The fourth-order valence-corrected chi connectivity index (χ4v) is 3.78. The first-order chi connectivity index (χ1) is 13.0. The topological polar surface area (TPSA) is 99.8 Å². The molecule has 2 aromatic rings. The summed E-state index contributed by atoms with van der Waals surface area (Å²) >= 11 is 1.19. The molecule has 1 aliphatic carbocycles. The maximum absolute atomic E-state index is 12.0. The molecule has 0 saturated heterocycles. The van der Waals surface area contributed by atoms with E-state index in [1.807, 2.05) is 31.2 Å². The zero-order valence-corrected chi connectivity index (χ0v) is 16.4. The van der Waals surface area contributed by atoms with Crippen molar-refractivity contribution in [1.82, 2.24) is 25.8 Å². The van der Waals surface area contributed by atoms with E-state index >= 15 is 0 Å². The number of aryl methyl sites for hydroxylation is 1. The number of nitrogens with one attached hydrogen (secondary N) is 3. The van der Waals surface area contributed by atoms with Gasteiger partial charge in [0, 0.05) is 11.6 Å². The van der Waals surface area contributed by atoms with E-state index < -0.39 is 6.03 Å². The first-order valence-corrected chi connectivity index (χ1v) is 10.2. The maximum Gasteiger partial charge on any atom is 0.321 e. The summed E-state index contributed by atoms with van der Waals surface area (Å²) in [6, 6.07) is 7.66. The van der Waals surface area contributed by atoms with Gasteiger partial charge in [-0.1, -0.05) is 61.4 Å². The molecule has 7 nitrogen and oxygen atoms in total. The van der Waals surface area contributed by atoms with Crippen LogP contribution in [0.2, 0.25) is 0 Å². The van der Waals surface area contributed by atoms with Gasteiger partial charge in [-0.3, -0.25) is 15.2 Å². The van der Waals surface area contributed by atoms with Crippen LogP contribution in [0.1, 0.15) is 38.2 Å². The van der Waals surface area contributed by atoms with Crippen molar-refractivity contribution >= 4 is 23.7 Å². The third-order valence-corrected chi connectivity index (χ3v) is 5.65. The molecule has 0 bridgehead atoms. The predicted molar refractivity (Wildman–Crippen MR) is 105 cm³/mol. The van der Waals surface area contributed by atoms with Crippen molar-refractivity contribution in [2.75, 3.05) is 5.75 Å². The van der Waals surface area contributed by atoms with Crippen LogP contribution in [-0.2, 0) is 4.79 Å². The number of aromatic amines is 1. The quantitative estimate of drug-likeness (QED) is 0.684. The largest absolute Gasteiger partial charge is 0.335 e. The van der Waals surface area contributed by atoms with Crippen molar-refractivity contribution in [3.8, 4) is 11.4 Å². The summed E-state index contributed by atoms with van der Waals surface area (Å²) < 4.78 is 0. The van der Waals surface area contributed by atoms with E-state index in [1.54, 1.807) is 0 Å². The maximum atomic E-state index is 12.0. The number of H-pyrrole nitrogens is 1. The van der Waals surface area contributed by atoms with E-state index in [1.165, 1.54) is 23.7 Å². The van der Waals surface area contributed by atoms with Crippen molar-refractivity contribution in [1.29, 1.82) is 0 Å². The van der Waals surface area contributed by atoms with Gasteiger partial charge in [-0.05, 0) is 25.7 Å². The Bertz CT molecular complexity index is 790. The number of hydrogen-bond donors (Lipinski definition) is 3. The summed E-state index contributed by atoms with van der Waals surface area (Å²) in [5.74, 6) is 0.825. The highest BCUT2D eigenvalue weighted by molar-refractivity contribution is 7.99. The first-order valence-electron chi connectivity index (χ1n) is 9.24. The highest BCUT2D eigenvalue weighted by Gasteiger charge is 2.23. The minimum absolute atomic E-state index is 0.0822. The van der Waals surface area contributed by atoms with Crippen LogP contribution in [0.25, 0.3) is 11.4 Å². The second kappa shape index (κ2) is 9.03. The van der Waals surface area contributed by atoms with Gasteiger partial charge in [0.25, 0.3) is 0 Å². The van der Waals surface area contributed by atoms with Crippen LogP contribution >= 0.6 is 11.8 Å². The fourth-order valence-electron chi connectivity index (χ4n) is 3.18. The third kappa shape index (κ3) is 5.56. The summed E-state index contributed by atoms with van der Waals surface area (Å²) in [6.07, 6.45) is 4.41. The summed E-state index contributed by atoms with van der Waals surface area (Å²) in [7, 11) is 0. The molecular formula is C19H25N5O2S. The number of rotatable bonds is 5. The molecule has 1 fully saturated rings. The van der Waals surface area contributed by atoms with Crippen LogP contribution in [0, 0.1) is 12.8 Å². The van der Waals surface area contributed by atoms with Gasteiger partial charge in [-0.25, -0.2) is 9.78 Å². The summed E-state index contributed by atoms with van der Waals surface area (Å²) in [5, 5.41) is 12.8. The molecule has 1 aromatic carbocycles. The summed E-state index contributed by atoms with van der Waals surface area (Å²) in [5.41, 5.74) is 2.11. The van der Waals surface area contributed by atoms with E-state index in [0.29, 0.717) is 16.9 Å². The molecule has 2 atom stereocenters. The lowest BCUT2D eigenvalue weighted by Crippen LogP contribution is -2.48. The van der Waals surface area contributed by atoms with E-state index in [9.17, 15) is 9.59 Å². The number of thioether (sulfide) groups is 1. The van der Waals surface area contributed by atoms with Crippen LogP contribution in [0.3, 0.4) is 0 Å². The normalized spacial score (nSPS) is 19.5. The second-order valence-corrected chi connectivity index (χ2v) is 7.95. The Morgan fingerprint density at radius 2 is 1.96 bits per heavy atom. The van der Waals surface area contributed by atoms with Crippen molar-refractivity contribution < 1.29 is 9.59 Å². The van der Waals surface area contributed by atoms with Crippen molar-refractivity contribution in [3.05, 3.63) is 29.8 Å². The van der Waals surface area contributed by atoms with Crippen LogP contribution in [0.4, 0.5) is 4.79 Å². The highest BCUT2D eigenvalue weighted by atomic mass is 32.2. The van der Waals surface area contributed by atoms with Crippen molar-refractivity contribution in [3.63, 3.8) is 0 Å². The Morgan fingerprint density at radius 1 is 1.22 bits per heavy atom. The molecule has 0 spiro atoms. The molecule has 3 amide bonds. The average molecular weight is 388 g/mol. The predicted octanol–water partition coefficient (Wildman–Crippen LogP) is 3.28. The van der Waals surface area contributed by atoms with Gasteiger partial charge in [0.2, 0.25) is 11.1 Å². The lowest BCUT2D eigenvalue weighted by Gasteiger charge is -2.29. The molecule has 1 saturated carbocycles. The molecule has 0 unspecified atom stereocenters.